The highest BCUT2D eigenvalue weighted by Gasteiger charge is 2.26. The molecule has 0 bridgehead atoms. The Bertz CT molecular complexity index is 515. The smallest absolute Gasteiger partial charge is 0.0862 e. The molecule has 0 spiro atoms. The van der Waals surface area contributed by atoms with Gasteiger partial charge in [-0.05, 0) is 12.5 Å². The fourth-order valence-electron chi connectivity index (χ4n) is 2.42. The Balaban J connectivity index is 2.04. The first kappa shape index (κ1) is 10.7. The lowest BCUT2D eigenvalue weighted by Crippen LogP contribution is -2.13. The number of benzene rings is 1. The van der Waals surface area contributed by atoms with Gasteiger partial charge in [-0.1, -0.05) is 24.3 Å². The molecule has 1 aliphatic rings. The van der Waals surface area contributed by atoms with Crippen LogP contribution >= 0.6 is 0 Å². The fraction of sp³-hybridized carbons (Fsp3) is 0.357. The highest BCUT2D eigenvalue weighted by atomic mass is 16.5. The number of aliphatic hydroxyl groups is 1. The van der Waals surface area contributed by atoms with Gasteiger partial charge in [0.1, 0.15) is 0 Å². The molecule has 1 aliphatic heterocycles. The highest BCUT2D eigenvalue weighted by Crippen LogP contribution is 2.31. The number of hydrogen-bond donors (Lipinski definition) is 1. The van der Waals surface area contributed by atoms with E-state index in [0.29, 0.717) is 6.61 Å². The van der Waals surface area contributed by atoms with E-state index in [2.05, 4.69) is 4.98 Å². The zero-order chi connectivity index (χ0) is 11.7. The first-order valence-electron chi connectivity index (χ1n) is 5.96. The lowest BCUT2D eigenvalue weighted by atomic mass is 9.93. The van der Waals surface area contributed by atoms with Gasteiger partial charge in [0.25, 0.3) is 0 Å². The summed E-state index contributed by atoms with van der Waals surface area (Å²) in [6.45, 7) is 1.39. The molecule has 0 radical (unpaired) electrons. The summed E-state index contributed by atoms with van der Waals surface area (Å²) in [5.74, 6) is 0.197. The average molecular weight is 229 g/mol. The van der Waals surface area contributed by atoms with Crippen LogP contribution in [0.5, 0.6) is 0 Å². The van der Waals surface area contributed by atoms with Crippen LogP contribution in [0.15, 0.2) is 36.5 Å². The monoisotopic (exact) mass is 229 g/mol. The van der Waals surface area contributed by atoms with Gasteiger partial charge in [-0.3, -0.25) is 4.98 Å². The number of aromatic nitrogens is 1. The Kier molecular flexibility index (Phi) is 2.79. The summed E-state index contributed by atoms with van der Waals surface area (Å²) >= 11 is 0. The standard InChI is InChI=1S/C14H15NO2/c16-14(11-6-8-17-9-11)12-5-1-3-10-4-2-7-15-13(10)12/h1-5,7,11,14,16H,6,8-9H2. The minimum Gasteiger partial charge on any atom is -0.388 e. The highest BCUT2D eigenvalue weighted by molar-refractivity contribution is 5.81. The third-order valence-electron chi connectivity index (χ3n) is 3.39. The zero-order valence-electron chi connectivity index (χ0n) is 9.54. The third kappa shape index (κ3) is 1.92. The van der Waals surface area contributed by atoms with Crippen molar-refractivity contribution in [2.24, 2.45) is 5.92 Å². The lowest BCUT2D eigenvalue weighted by Gasteiger charge is -2.18. The number of para-hydroxylation sites is 1. The summed E-state index contributed by atoms with van der Waals surface area (Å²) in [6.07, 6.45) is 2.21. The summed E-state index contributed by atoms with van der Waals surface area (Å²) in [4.78, 5) is 4.37. The van der Waals surface area contributed by atoms with Crippen molar-refractivity contribution in [2.45, 2.75) is 12.5 Å². The lowest BCUT2D eigenvalue weighted by molar-refractivity contribution is 0.0927. The van der Waals surface area contributed by atoms with Crippen LogP contribution in [0.3, 0.4) is 0 Å². The molecule has 3 heteroatoms. The SMILES string of the molecule is OC(c1cccc2cccnc12)C1CCOC1. The quantitative estimate of drug-likeness (QED) is 0.859. The summed E-state index contributed by atoms with van der Waals surface area (Å²) in [6, 6.07) is 9.88. The molecule has 0 aliphatic carbocycles. The maximum Gasteiger partial charge on any atom is 0.0862 e. The maximum atomic E-state index is 10.4. The average Bonchev–Trinajstić information content (AvgIpc) is 2.91. The second-order valence-electron chi connectivity index (χ2n) is 4.49. The predicted octanol–water partition coefficient (Wildman–Crippen LogP) is 2.30. The van der Waals surface area contributed by atoms with Crippen LogP contribution < -0.4 is 0 Å². The van der Waals surface area contributed by atoms with E-state index < -0.39 is 6.10 Å². The maximum absolute atomic E-state index is 10.4. The van der Waals surface area contributed by atoms with Gasteiger partial charge < -0.3 is 9.84 Å². The normalized spacial score (nSPS) is 21.8. The molecule has 2 heterocycles. The Morgan fingerprint density at radius 3 is 3.00 bits per heavy atom. The minimum absolute atomic E-state index is 0.197. The number of ether oxygens (including phenoxy) is 1. The molecular formula is C14H15NO2. The minimum atomic E-state index is -0.476. The Labute approximate surface area is 100 Å². The van der Waals surface area contributed by atoms with E-state index in [-0.39, 0.29) is 5.92 Å². The topological polar surface area (TPSA) is 42.4 Å². The van der Waals surface area contributed by atoms with Crippen molar-refractivity contribution in [1.82, 2.24) is 4.98 Å². The van der Waals surface area contributed by atoms with E-state index >= 15 is 0 Å². The first-order chi connectivity index (χ1) is 8.36. The molecule has 1 aromatic carbocycles. The number of nitrogens with zero attached hydrogens (tertiary/aromatic N) is 1. The van der Waals surface area contributed by atoms with Crippen LogP contribution in [0.2, 0.25) is 0 Å². The Hall–Kier alpha value is -1.45. The van der Waals surface area contributed by atoms with Crippen molar-refractivity contribution in [3.05, 3.63) is 42.1 Å². The van der Waals surface area contributed by atoms with Gasteiger partial charge in [-0.25, -0.2) is 0 Å². The Morgan fingerprint density at radius 2 is 2.18 bits per heavy atom. The molecule has 1 N–H and O–H groups in total. The molecule has 0 amide bonds. The van der Waals surface area contributed by atoms with Crippen molar-refractivity contribution < 1.29 is 9.84 Å². The Morgan fingerprint density at radius 1 is 1.29 bits per heavy atom. The van der Waals surface area contributed by atoms with Crippen molar-refractivity contribution in [2.75, 3.05) is 13.2 Å². The van der Waals surface area contributed by atoms with Gasteiger partial charge in [0.2, 0.25) is 0 Å². The summed E-state index contributed by atoms with van der Waals surface area (Å²) in [5.41, 5.74) is 1.81. The fourth-order valence-corrected chi connectivity index (χ4v) is 2.42. The molecule has 17 heavy (non-hydrogen) atoms. The van der Waals surface area contributed by atoms with Gasteiger partial charge in [0, 0.05) is 29.7 Å². The van der Waals surface area contributed by atoms with E-state index in [1.165, 1.54) is 0 Å². The number of rotatable bonds is 2. The second-order valence-corrected chi connectivity index (χ2v) is 4.49. The third-order valence-corrected chi connectivity index (χ3v) is 3.39. The van der Waals surface area contributed by atoms with Crippen LogP contribution in [0.25, 0.3) is 10.9 Å². The number of fused-ring (bicyclic) bond motifs is 1. The van der Waals surface area contributed by atoms with Crippen LogP contribution in [0, 0.1) is 5.92 Å². The molecule has 2 unspecified atom stereocenters. The van der Waals surface area contributed by atoms with Crippen molar-refractivity contribution in [3.8, 4) is 0 Å². The predicted molar refractivity (Wildman–Crippen MR) is 65.6 cm³/mol. The molecular weight excluding hydrogens is 214 g/mol. The zero-order valence-corrected chi connectivity index (χ0v) is 9.54. The van der Waals surface area contributed by atoms with E-state index in [0.717, 1.165) is 29.5 Å². The molecule has 1 saturated heterocycles. The summed E-state index contributed by atoms with van der Waals surface area (Å²) in [5, 5.41) is 11.5. The van der Waals surface area contributed by atoms with Crippen molar-refractivity contribution in [1.29, 1.82) is 0 Å². The summed E-state index contributed by atoms with van der Waals surface area (Å²) < 4.78 is 5.33. The van der Waals surface area contributed by atoms with E-state index in [1.807, 2.05) is 30.3 Å². The van der Waals surface area contributed by atoms with Crippen LogP contribution in [-0.2, 0) is 4.74 Å². The molecule has 2 aromatic rings. The molecule has 88 valence electrons. The number of hydrogen-bond acceptors (Lipinski definition) is 3. The van der Waals surface area contributed by atoms with Crippen LogP contribution in [-0.4, -0.2) is 23.3 Å². The summed E-state index contributed by atoms with van der Waals surface area (Å²) in [7, 11) is 0. The molecule has 0 saturated carbocycles. The van der Waals surface area contributed by atoms with E-state index in [1.54, 1.807) is 6.20 Å². The molecule has 3 nitrogen and oxygen atoms in total. The first-order valence-corrected chi connectivity index (χ1v) is 5.96. The second kappa shape index (κ2) is 4.43. The van der Waals surface area contributed by atoms with Gasteiger partial charge >= 0.3 is 0 Å². The van der Waals surface area contributed by atoms with Gasteiger partial charge in [-0.2, -0.15) is 0 Å². The molecule has 2 atom stereocenters. The number of aliphatic hydroxyl groups excluding tert-OH is 1. The van der Waals surface area contributed by atoms with Gasteiger partial charge in [-0.15, -0.1) is 0 Å². The van der Waals surface area contributed by atoms with Gasteiger partial charge in [0.05, 0.1) is 18.2 Å². The molecule has 3 rings (SSSR count). The van der Waals surface area contributed by atoms with Gasteiger partial charge in [0.15, 0.2) is 0 Å². The van der Waals surface area contributed by atoms with Crippen molar-refractivity contribution >= 4 is 10.9 Å². The molecule has 1 fully saturated rings. The number of pyridine rings is 1. The van der Waals surface area contributed by atoms with E-state index in [9.17, 15) is 5.11 Å². The van der Waals surface area contributed by atoms with Crippen molar-refractivity contribution in [3.63, 3.8) is 0 Å². The van der Waals surface area contributed by atoms with E-state index in [4.69, 9.17) is 4.74 Å². The van der Waals surface area contributed by atoms with Crippen LogP contribution in [0.1, 0.15) is 18.1 Å². The molecule has 1 aromatic heterocycles. The largest absolute Gasteiger partial charge is 0.388 e. The van der Waals surface area contributed by atoms with Crippen LogP contribution in [0.4, 0.5) is 0 Å².